The quantitative estimate of drug-likeness (QED) is 0.837. The van der Waals surface area contributed by atoms with E-state index in [0.717, 1.165) is 5.13 Å². The predicted octanol–water partition coefficient (Wildman–Crippen LogP) is 0.806. The lowest BCUT2D eigenvalue weighted by Gasteiger charge is -2.33. The molecule has 21 heavy (non-hydrogen) atoms. The van der Waals surface area contributed by atoms with Gasteiger partial charge in [-0.05, 0) is 13.8 Å². The molecule has 0 spiro atoms. The standard InChI is InChI=1S/C13H20N4O3S/c1-9(2)14-13-15-10(8-21-13)12(20)17-5-3-16(4-6-17)7-11(18)19/h8-9H,3-7H2,1-2H3,(H,14,15)(H,18,19). The molecule has 2 heterocycles. The normalized spacial score (nSPS) is 16.2. The number of carboxylic acid groups (broad SMARTS) is 1. The van der Waals surface area contributed by atoms with Crippen molar-refractivity contribution in [2.24, 2.45) is 0 Å². The topological polar surface area (TPSA) is 85.8 Å². The maximum absolute atomic E-state index is 12.3. The fourth-order valence-corrected chi connectivity index (χ4v) is 2.98. The Morgan fingerprint density at radius 3 is 2.62 bits per heavy atom. The van der Waals surface area contributed by atoms with Crippen molar-refractivity contribution in [3.05, 3.63) is 11.1 Å². The van der Waals surface area contributed by atoms with Crippen molar-refractivity contribution in [2.45, 2.75) is 19.9 Å². The first-order valence-electron chi connectivity index (χ1n) is 6.91. The molecule has 116 valence electrons. The first-order valence-corrected chi connectivity index (χ1v) is 7.79. The summed E-state index contributed by atoms with van der Waals surface area (Å²) in [5, 5.41) is 14.4. The fraction of sp³-hybridized carbons (Fsp3) is 0.615. The lowest BCUT2D eigenvalue weighted by molar-refractivity contribution is -0.138. The molecule has 8 heteroatoms. The minimum Gasteiger partial charge on any atom is -0.480 e. The van der Waals surface area contributed by atoms with Crippen molar-refractivity contribution in [3.63, 3.8) is 0 Å². The number of hydrogen-bond acceptors (Lipinski definition) is 6. The number of rotatable bonds is 5. The highest BCUT2D eigenvalue weighted by Gasteiger charge is 2.24. The second kappa shape index (κ2) is 6.86. The number of amides is 1. The molecule has 1 amide bonds. The number of nitrogens with zero attached hydrogens (tertiary/aromatic N) is 3. The van der Waals surface area contributed by atoms with Crippen molar-refractivity contribution >= 4 is 28.3 Å². The van der Waals surface area contributed by atoms with Gasteiger partial charge in [0.1, 0.15) is 5.69 Å². The lowest BCUT2D eigenvalue weighted by atomic mass is 10.3. The van der Waals surface area contributed by atoms with E-state index in [9.17, 15) is 9.59 Å². The second-order valence-electron chi connectivity index (χ2n) is 5.30. The molecule has 0 radical (unpaired) electrons. The highest BCUT2D eigenvalue weighted by Crippen LogP contribution is 2.18. The Kier molecular flexibility index (Phi) is 5.13. The molecule has 0 bridgehead atoms. The molecular weight excluding hydrogens is 292 g/mol. The Morgan fingerprint density at radius 2 is 2.05 bits per heavy atom. The van der Waals surface area contributed by atoms with E-state index < -0.39 is 5.97 Å². The third kappa shape index (κ3) is 4.40. The van der Waals surface area contributed by atoms with Crippen molar-refractivity contribution in [1.82, 2.24) is 14.8 Å². The molecule has 1 saturated heterocycles. The summed E-state index contributed by atoms with van der Waals surface area (Å²) in [6.45, 7) is 6.31. The van der Waals surface area contributed by atoms with Crippen molar-refractivity contribution < 1.29 is 14.7 Å². The van der Waals surface area contributed by atoms with Gasteiger partial charge in [0.25, 0.3) is 5.91 Å². The third-order valence-electron chi connectivity index (χ3n) is 3.15. The van der Waals surface area contributed by atoms with E-state index in [4.69, 9.17) is 5.11 Å². The van der Waals surface area contributed by atoms with Gasteiger partial charge in [0, 0.05) is 37.6 Å². The Morgan fingerprint density at radius 1 is 1.38 bits per heavy atom. The van der Waals surface area contributed by atoms with Crippen LogP contribution in [0.15, 0.2) is 5.38 Å². The molecule has 1 fully saturated rings. The average Bonchev–Trinajstić information content (AvgIpc) is 2.85. The van der Waals surface area contributed by atoms with Crippen molar-refractivity contribution in [2.75, 3.05) is 38.0 Å². The predicted molar refractivity (Wildman–Crippen MR) is 80.9 cm³/mol. The zero-order chi connectivity index (χ0) is 15.4. The SMILES string of the molecule is CC(C)Nc1nc(C(=O)N2CCN(CC(=O)O)CC2)cs1. The number of hydrogen-bond donors (Lipinski definition) is 2. The molecule has 1 aliphatic rings. The highest BCUT2D eigenvalue weighted by molar-refractivity contribution is 7.13. The van der Waals surface area contributed by atoms with E-state index >= 15 is 0 Å². The van der Waals surface area contributed by atoms with Crippen LogP contribution in [0.1, 0.15) is 24.3 Å². The summed E-state index contributed by atoms with van der Waals surface area (Å²) in [7, 11) is 0. The van der Waals surface area contributed by atoms with Gasteiger partial charge in [0.2, 0.25) is 0 Å². The first kappa shape index (κ1) is 15.7. The Bertz CT molecular complexity index is 509. The average molecular weight is 312 g/mol. The first-order chi connectivity index (χ1) is 9.95. The second-order valence-corrected chi connectivity index (χ2v) is 6.16. The number of aliphatic carboxylic acids is 1. The maximum Gasteiger partial charge on any atom is 0.317 e. The van der Waals surface area contributed by atoms with Gasteiger partial charge in [-0.15, -0.1) is 11.3 Å². The number of carboxylic acids is 1. The molecule has 2 N–H and O–H groups in total. The molecule has 0 unspecified atom stereocenters. The molecule has 0 atom stereocenters. The monoisotopic (exact) mass is 312 g/mol. The maximum atomic E-state index is 12.3. The summed E-state index contributed by atoms with van der Waals surface area (Å²) in [6.07, 6.45) is 0. The van der Waals surface area contributed by atoms with E-state index in [1.165, 1.54) is 11.3 Å². The van der Waals surface area contributed by atoms with Gasteiger partial charge in [0.15, 0.2) is 5.13 Å². The molecule has 1 aliphatic heterocycles. The van der Waals surface area contributed by atoms with Gasteiger partial charge >= 0.3 is 5.97 Å². The van der Waals surface area contributed by atoms with Crippen LogP contribution in [0.3, 0.4) is 0 Å². The van der Waals surface area contributed by atoms with Crippen LogP contribution >= 0.6 is 11.3 Å². The van der Waals surface area contributed by atoms with Crippen LogP contribution in [0.25, 0.3) is 0 Å². The molecule has 7 nitrogen and oxygen atoms in total. The van der Waals surface area contributed by atoms with E-state index in [-0.39, 0.29) is 18.5 Å². The number of aromatic nitrogens is 1. The Balaban J connectivity index is 1.89. The largest absolute Gasteiger partial charge is 0.480 e. The van der Waals surface area contributed by atoms with E-state index in [0.29, 0.717) is 31.9 Å². The summed E-state index contributed by atoms with van der Waals surface area (Å²) >= 11 is 1.42. The van der Waals surface area contributed by atoms with Crippen molar-refractivity contribution in [1.29, 1.82) is 0 Å². The van der Waals surface area contributed by atoms with E-state index in [1.54, 1.807) is 10.3 Å². The van der Waals surface area contributed by atoms with Crippen LogP contribution in [0, 0.1) is 0 Å². The van der Waals surface area contributed by atoms with Crippen LogP contribution in [0.2, 0.25) is 0 Å². The number of carbonyl (C=O) groups excluding carboxylic acids is 1. The van der Waals surface area contributed by atoms with E-state index in [2.05, 4.69) is 10.3 Å². The summed E-state index contributed by atoms with van der Waals surface area (Å²) in [5.41, 5.74) is 0.454. The number of nitrogens with one attached hydrogen (secondary N) is 1. The number of carbonyl (C=O) groups is 2. The number of thiazole rings is 1. The smallest absolute Gasteiger partial charge is 0.317 e. The van der Waals surface area contributed by atoms with Crippen LogP contribution < -0.4 is 5.32 Å². The van der Waals surface area contributed by atoms with Crippen molar-refractivity contribution in [3.8, 4) is 0 Å². The number of anilines is 1. The third-order valence-corrected chi connectivity index (χ3v) is 3.93. The summed E-state index contributed by atoms with van der Waals surface area (Å²) in [5.74, 6) is -0.920. The minimum absolute atomic E-state index is 0.0290. The Labute approximate surface area is 127 Å². The zero-order valence-corrected chi connectivity index (χ0v) is 13.0. The molecule has 1 aromatic heterocycles. The zero-order valence-electron chi connectivity index (χ0n) is 12.2. The van der Waals surface area contributed by atoms with Crippen LogP contribution in [-0.4, -0.2) is 70.5 Å². The summed E-state index contributed by atoms with van der Waals surface area (Å²) in [4.78, 5) is 30.9. The summed E-state index contributed by atoms with van der Waals surface area (Å²) < 4.78 is 0. The van der Waals surface area contributed by atoms with Gasteiger partial charge < -0.3 is 15.3 Å². The summed E-state index contributed by atoms with van der Waals surface area (Å²) in [6, 6.07) is 0.277. The molecule has 2 rings (SSSR count). The van der Waals surface area contributed by atoms with Gasteiger partial charge in [-0.25, -0.2) is 4.98 Å². The van der Waals surface area contributed by atoms with Gasteiger partial charge in [-0.1, -0.05) is 0 Å². The molecule has 0 aliphatic carbocycles. The van der Waals surface area contributed by atoms with Gasteiger partial charge in [-0.2, -0.15) is 0 Å². The molecule has 0 saturated carbocycles. The minimum atomic E-state index is -0.835. The lowest BCUT2D eigenvalue weighted by Crippen LogP contribution is -2.49. The number of piperazine rings is 1. The molecule has 0 aromatic carbocycles. The van der Waals surface area contributed by atoms with Crippen LogP contribution in [-0.2, 0) is 4.79 Å². The van der Waals surface area contributed by atoms with Crippen LogP contribution in [0.5, 0.6) is 0 Å². The van der Waals surface area contributed by atoms with E-state index in [1.807, 2.05) is 18.7 Å². The van der Waals surface area contributed by atoms with Gasteiger partial charge in [0.05, 0.1) is 6.54 Å². The fourth-order valence-electron chi connectivity index (χ4n) is 2.15. The molecular formula is C13H20N4O3S. The van der Waals surface area contributed by atoms with Gasteiger partial charge in [-0.3, -0.25) is 14.5 Å². The Hall–Kier alpha value is -1.67. The molecule has 1 aromatic rings. The highest BCUT2D eigenvalue weighted by atomic mass is 32.1. The van der Waals surface area contributed by atoms with Crippen LogP contribution in [0.4, 0.5) is 5.13 Å².